The summed E-state index contributed by atoms with van der Waals surface area (Å²) in [4.78, 5) is 16.0. The topological polar surface area (TPSA) is 74.0 Å². The number of benzene rings is 2. The number of hydrogen-bond donors (Lipinski definition) is 2. The molecule has 0 aliphatic carbocycles. The quantitative estimate of drug-likeness (QED) is 0.481. The second-order valence-corrected chi connectivity index (χ2v) is 8.43. The molecule has 3 aromatic rings. The minimum atomic E-state index is -4.92. The van der Waals surface area contributed by atoms with E-state index in [1.165, 1.54) is 0 Å². The first-order valence-electron chi connectivity index (χ1n) is 10.8. The summed E-state index contributed by atoms with van der Waals surface area (Å²) < 4.78 is 85.1. The Bertz CT molecular complexity index is 1160. The van der Waals surface area contributed by atoms with Crippen molar-refractivity contribution in [2.75, 3.05) is 13.1 Å². The smallest absolute Gasteiger partial charge is 0.373 e. The Morgan fingerprint density at radius 1 is 1.00 bits per heavy atom. The number of aromatic amines is 2. The van der Waals surface area contributed by atoms with Gasteiger partial charge >= 0.3 is 18.0 Å². The molecule has 2 heterocycles. The summed E-state index contributed by atoms with van der Waals surface area (Å²) >= 11 is 0. The van der Waals surface area contributed by atoms with Gasteiger partial charge in [-0.2, -0.15) is 31.4 Å². The molecule has 0 amide bonds. The van der Waals surface area contributed by atoms with Gasteiger partial charge in [-0.25, -0.2) is 9.89 Å². The Hall–Kier alpha value is -3.12. The van der Waals surface area contributed by atoms with Gasteiger partial charge in [-0.05, 0) is 35.7 Å². The van der Waals surface area contributed by atoms with Gasteiger partial charge in [-0.1, -0.05) is 30.3 Å². The van der Waals surface area contributed by atoms with Crippen molar-refractivity contribution in [3.8, 4) is 0 Å². The lowest BCUT2D eigenvalue weighted by atomic mass is 9.87. The summed E-state index contributed by atoms with van der Waals surface area (Å²) in [5.41, 5.74) is -2.42. The van der Waals surface area contributed by atoms with Crippen molar-refractivity contribution < 1.29 is 31.1 Å². The van der Waals surface area contributed by atoms with Crippen molar-refractivity contribution in [2.45, 2.75) is 43.9 Å². The summed E-state index contributed by atoms with van der Waals surface area (Å²) in [7, 11) is 0. The molecule has 1 fully saturated rings. The second-order valence-electron chi connectivity index (χ2n) is 8.43. The van der Waals surface area contributed by atoms with Crippen LogP contribution in [0, 0.1) is 0 Å². The van der Waals surface area contributed by atoms with E-state index in [-0.39, 0.29) is 17.5 Å². The van der Waals surface area contributed by atoms with Crippen LogP contribution in [0.4, 0.5) is 26.3 Å². The van der Waals surface area contributed by atoms with Crippen molar-refractivity contribution in [1.82, 2.24) is 20.1 Å². The van der Waals surface area contributed by atoms with Crippen molar-refractivity contribution in [3.63, 3.8) is 0 Å². The van der Waals surface area contributed by atoms with E-state index >= 15 is 0 Å². The van der Waals surface area contributed by atoms with Crippen molar-refractivity contribution in [3.05, 3.63) is 87.1 Å². The average Bonchev–Trinajstić information content (AvgIpc) is 3.21. The molecular formula is C23H22F6N4O2. The molecule has 35 heavy (non-hydrogen) atoms. The third kappa shape index (κ3) is 6.31. The van der Waals surface area contributed by atoms with Gasteiger partial charge in [0.25, 0.3) is 0 Å². The van der Waals surface area contributed by atoms with Gasteiger partial charge in [0.05, 0.1) is 30.4 Å². The lowest BCUT2D eigenvalue weighted by molar-refractivity contribution is -0.143. The van der Waals surface area contributed by atoms with Crippen LogP contribution in [-0.4, -0.2) is 39.3 Å². The van der Waals surface area contributed by atoms with E-state index in [1.54, 1.807) is 0 Å². The number of alkyl halides is 6. The number of piperidine rings is 1. The summed E-state index contributed by atoms with van der Waals surface area (Å²) in [6.07, 6.45) is -9.78. The molecule has 2 atom stereocenters. The second kappa shape index (κ2) is 9.86. The molecule has 6 nitrogen and oxygen atoms in total. The van der Waals surface area contributed by atoms with Crippen molar-refractivity contribution >= 4 is 0 Å². The highest BCUT2D eigenvalue weighted by molar-refractivity contribution is 5.33. The van der Waals surface area contributed by atoms with Gasteiger partial charge < -0.3 is 4.74 Å². The van der Waals surface area contributed by atoms with E-state index in [2.05, 4.69) is 20.1 Å². The number of likely N-dealkylation sites (tertiary alicyclic amines) is 1. The maximum Gasteiger partial charge on any atom is 0.416 e. The van der Waals surface area contributed by atoms with Gasteiger partial charge in [0.2, 0.25) is 0 Å². The molecule has 0 radical (unpaired) electrons. The van der Waals surface area contributed by atoms with Gasteiger partial charge in [0.15, 0.2) is 0 Å². The number of H-pyrrole nitrogens is 2. The van der Waals surface area contributed by atoms with Crippen LogP contribution in [0.5, 0.6) is 0 Å². The summed E-state index contributed by atoms with van der Waals surface area (Å²) in [5, 5.41) is 6.21. The predicted octanol–water partition coefficient (Wildman–Crippen LogP) is 4.71. The highest BCUT2D eigenvalue weighted by atomic mass is 19.4. The van der Waals surface area contributed by atoms with E-state index in [9.17, 15) is 31.1 Å². The van der Waals surface area contributed by atoms with Crippen LogP contribution in [0.1, 0.15) is 40.4 Å². The van der Waals surface area contributed by atoms with Crippen LogP contribution in [0.15, 0.2) is 53.3 Å². The molecule has 4 rings (SSSR count). The standard InChI is InChI=1S/C23H22F6N4O2/c24-22(25,26)16-8-14(9-17(10-16)23(27,28)29)13-35-19-6-7-33(12-20-30-21(34)32-31-20)11-18(19)15-4-2-1-3-5-15/h1-5,8-10,18-19H,6-7,11-13H2,(H2,30,31,32,34)/t18-,19-/m1/s1. The van der Waals surface area contributed by atoms with Gasteiger partial charge in [0.1, 0.15) is 5.82 Å². The fourth-order valence-corrected chi connectivity index (χ4v) is 4.26. The zero-order valence-electron chi connectivity index (χ0n) is 18.3. The molecule has 0 saturated carbocycles. The Morgan fingerprint density at radius 3 is 2.23 bits per heavy atom. The Kier molecular flexibility index (Phi) is 7.04. The maximum atomic E-state index is 13.2. The predicted molar refractivity (Wildman–Crippen MR) is 113 cm³/mol. The number of nitrogens with one attached hydrogen (secondary N) is 2. The van der Waals surface area contributed by atoms with E-state index < -0.39 is 41.9 Å². The molecular weight excluding hydrogens is 478 g/mol. The molecule has 2 N–H and O–H groups in total. The maximum absolute atomic E-state index is 13.2. The van der Waals surface area contributed by atoms with E-state index in [0.717, 1.165) is 5.56 Å². The van der Waals surface area contributed by atoms with Crippen molar-refractivity contribution in [2.24, 2.45) is 0 Å². The van der Waals surface area contributed by atoms with Gasteiger partial charge in [0, 0.05) is 19.0 Å². The number of halogens is 6. The number of nitrogens with zero attached hydrogens (tertiary/aromatic N) is 2. The number of rotatable bonds is 6. The molecule has 1 saturated heterocycles. The van der Waals surface area contributed by atoms with E-state index in [1.807, 2.05) is 30.3 Å². The molecule has 0 bridgehead atoms. The zero-order chi connectivity index (χ0) is 25.2. The average molecular weight is 500 g/mol. The molecule has 2 aromatic carbocycles. The van der Waals surface area contributed by atoms with E-state index in [0.29, 0.717) is 44.0 Å². The lowest BCUT2D eigenvalue weighted by Gasteiger charge is -2.38. The number of hydrogen-bond acceptors (Lipinski definition) is 4. The van der Waals surface area contributed by atoms with Crippen molar-refractivity contribution in [1.29, 1.82) is 0 Å². The summed E-state index contributed by atoms with van der Waals surface area (Å²) in [5.74, 6) is 0.272. The first-order valence-corrected chi connectivity index (χ1v) is 10.8. The Labute approximate surface area is 195 Å². The van der Waals surface area contributed by atoms with Gasteiger partial charge in [-0.3, -0.25) is 9.88 Å². The molecule has 1 aliphatic heterocycles. The highest BCUT2D eigenvalue weighted by Crippen LogP contribution is 2.37. The number of ether oxygens (including phenoxy) is 1. The molecule has 12 heteroatoms. The largest absolute Gasteiger partial charge is 0.416 e. The minimum Gasteiger partial charge on any atom is -0.373 e. The lowest BCUT2D eigenvalue weighted by Crippen LogP contribution is -2.42. The van der Waals surface area contributed by atoms with Crippen LogP contribution < -0.4 is 5.69 Å². The Balaban J connectivity index is 1.53. The molecule has 0 unspecified atom stereocenters. The molecule has 188 valence electrons. The Morgan fingerprint density at radius 2 is 1.66 bits per heavy atom. The summed E-state index contributed by atoms with van der Waals surface area (Å²) in [6.45, 7) is 1.02. The van der Waals surface area contributed by atoms with Gasteiger partial charge in [-0.15, -0.1) is 0 Å². The monoisotopic (exact) mass is 500 g/mol. The number of aromatic nitrogens is 3. The SMILES string of the molecule is O=c1[nH]nc(CN2CC[C@@H](OCc3cc(C(F)(F)F)cc(C(F)(F)F)c3)[C@@H](c3ccccc3)C2)[nH]1. The first-order chi connectivity index (χ1) is 16.5. The highest BCUT2D eigenvalue weighted by Gasteiger charge is 2.37. The zero-order valence-corrected chi connectivity index (χ0v) is 18.3. The van der Waals surface area contributed by atoms with Crippen LogP contribution in [0.25, 0.3) is 0 Å². The van der Waals surface area contributed by atoms with Crippen LogP contribution in [-0.2, 0) is 30.2 Å². The van der Waals surface area contributed by atoms with Crippen LogP contribution in [0.2, 0.25) is 0 Å². The molecule has 1 aliphatic rings. The third-order valence-electron chi connectivity index (χ3n) is 5.90. The fourth-order valence-electron chi connectivity index (χ4n) is 4.26. The fraction of sp³-hybridized carbons (Fsp3) is 0.391. The van der Waals surface area contributed by atoms with Crippen LogP contribution in [0.3, 0.4) is 0 Å². The van der Waals surface area contributed by atoms with Crippen LogP contribution >= 0.6 is 0 Å². The third-order valence-corrected chi connectivity index (χ3v) is 5.90. The molecule has 0 spiro atoms. The summed E-state index contributed by atoms with van der Waals surface area (Å²) in [6, 6.07) is 10.8. The first kappa shape index (κ1) is 25.0. The minimum absolute atomic E-state index is 0.105. The normalized spacial score (nSPS) is 19.7. The van der Waals surface area contributed by atoms with E-state index in [4.69, 9.17) is 4.74 Å². The molecule has 1 aromatic heterocycles.